The lowest BCUT2D eigenvalue weighted by molar-refractivity contribution is -0.123. The maximum absolute atomic E-state index is 13.7. The van der Waals surface area contributed by atoms with Gasteiger partial charge in [0.1, 0.15) is 29.2 Å². The predicted molar refractivity (Wildman–Crippen MR) is 168 cm³/mol. The summed E-state index contributed by atoms with van der Waals surface area (Å²) in [6, 6.07) is 12.5. The number of piperidine rings is 1. The van der Waals surface area contributed by atoms with Gasteiger partial charge in [-0.15, -0.1) is 0 Å². The molecule has 4 bridgehead atoms. The van der Waals surface area contributed by atoms with E-state index in [0.717, 1.165) is 42.1 Å². The van der Waals surface area contributed by atoms with Crippen LogP contribution in [0.1, 0.15) is 40.5 Å². The zero-order valence-corrected chi connectivity index (χ0v) is 26.0. The van der Waals surface area contributed by atoms with Gasteiger partial charge >= 0.3 is 0 Å². The molecule has 0 aliphatic carbocycles. The zero-order chi connectivity index (χ0) is 31.3. The van der Waals surface area contributed by atoms with Gasteiger partial charge in [0.2, 0.25) is 5.95 Å². The van der Waals surface area contributed by atoms with Crippen LogP contribution in [0.25, 0.3) is 0 Å². The van der Waals surface area contributed by atoms with Crippen LogP contribution >= 0.6 is 0 Å². The summed E-state index contributed by atoms with van der Waals surface area (Å²) in [6.45, 7) is 8.02. The van der Waals surface area contributed by atoms with Gasteiger partial charge in [0.05, 0.1) is 26.4 Å². The number of carbonyl (C=O) groups is 2. The fraction of sp³-hybridized carbons (Fsp3) is 0.455. The molecule has 0 radical (unpaired) electrons. The molecular formula is C33H40N6O6. The lowest BCUT2D eigenvalue weighted by Gasteiger charge is -2.40. The lowest BCUT2D eigenvalue weighted by atomic mass is 10.0. The van der Waals surface area contributed by atoms with Crippen LogP contribution in [-0.4, -0.2) is 87.0 Å². The highest BCUT2D eigenvalue weighted by Gasteiger charge is 2.34. The van der Waals surface area contributed by atoms with Crippen molar-refractivity contribution in [3.05, 3.63) is 64.8 Å². The minimum atomic E-state index is -0.367. The number of nitrogens with zero attached hydrogens (tertiary/aromatic N) is 4. The number of aromatic nitrogens is 2. The highest BCUT2D eigenvalue weighted by molar-refractivity contribution is 5.95. The molecule has 45 heavy (non-hydrogen) atoms. The molecule has 238 valence electrons. The molecule has 2 aromatic carbocycles. The van der Waals surface area contributed by atoms with E-state index >= 15 is 0 Å². The lowest BCUT2D eigenvalue weighted by Crippen LogP contribution is -2.57. The van der Waals surface area contributed by atoms with Crippen LogP contribution in [0.4, 0.5) is 11.8 Å². The molecule has 0 spiro atoms. The molecule has 2 N–H and O–H groups in total. The molecule has 2 amide bonds. The quantitative estimate of drug-likeness (QED) is 0.452. The number of rotatable bonds is 4. The number of benzene rings is 2. The third kappa shape index (κ3) is 7.06. The Morgan fingerprint density at radius 2 is 1.87 bits per heavy atom. The highest BCUT2D eigenvalue weighted by atomic mass is 16.5. The van der Waals surface area contributed by atoms with Crippen molar-refractivity contribution in [3.8, 4) is 17.2 Å². The second kappa shape index (κ2) is 13.6. The largest absolute Gasteiger partial charge is 0.496 e. The van der Waals surface area contributed by atoms with Gasteiger partial charge in [0, 0.05) is 68.1 Å². The number of hydrogen-bond donors (Lipinski definition) is 2. The summed E-state index contributed by atoms with van der Waals surface area (Å²) in [4.78, 5) is 40.4. The van der Waals surface area contributed by atoms with Crippen LogP contribution in [0.5, 0.6) is 17.2 Å². The van der Waals surface area contributed by atoms with Crippen LogP contribution in [0.15, 0.2) is 42.5 Å². The minimum Gasteiger partial charge on any atom is -0.496 e. The van der Waals surface area contributed by atoms with E-state index in [-0.39, 0.29) is 37.1 Å². The Balaban J connectivity index is 1.32. The predicted octanol–water partition coefficient (Wildman–Crippen LogP) is 2.66. The van der Waals surface area contributed by atoms with Gasteiger partial charge in [-0.3, -0.25) is 9.59 Å². The molecule has 1 aromatic heterocycles. The first-order valence-corrected chi connectivity index (χ1v) is 15.5. The summed E-state index contributed by atoms with van der Waals surface area (Å²) in [5, 5.41) is 6.11. The SMILES string of the molecule is CCc1cc(N2CC[C@H]3Oc4ccc(c(OC)c4)CNC(=O)COc4cc(ccc4C)C(=O)N[C@H]3C2)nc(N2CCOCC2)n1. The van der Waals surface area contributed by atoms with E-state index in [2.05, 4.69) is 27.4 Å². The Morgan fingerprint density at radius 1 is 1.02 bits per heavy atom. The summed E-state index contributed by atoms with van der Waals surface area (Å²) in [7, 11) is 1.59. The van der Waals surface area contributed by atoms with Crippen LogP contribution in [0.3, 0.4) is 0 Å². The second-order valence-corrected chi connectivity index (χ2v) is 11.5. The molecule has 2 fully saturated rings. The molecule has 0 unspecified atom stereocenters. The average Bonchev–Trinajstić information content (AvgIpc) is 3.07. The zero-order valence-electron chi connectivity index (χ0n) is 26.0. The average molecular weight is 617 g/mol. The Bertz CT molecular complexity index is 1540. The maximum Gasteiger partial charge on any atom is 0.258 e. The first-order valence-electron chi connectivity index (χ1n) is 15.5. The molecule has 2 atom stereocenters. The molecule has 7 rings (SSSR count). The first kappa shape index (κ1) is 30.4. The third-order valence-corrected chi connectivity index (χ3v) is 8.43. The Labute approximate surface area is 263 Å². The van der Waals surface area contributed by atoms with Gasteiger partial charge in [0.25, 0.3) is 11.8 Å². The van der Waals surface area contributed by atoms with Gasteiger partial charge in [-0.2, -0.15) is 4.98 Å². The van der Waals surface area contributed by atoms with Crippen LogP contribution in [-0.2, 0) is 22.5 Å². The van der Waals surface area contributed by atoms with E-state index in [1.54, 1.807) is 19.2 Å². The van der Waals surface area contributed by atoms with E-state index in [1.807, 2.05) is 37.3 Å². The number of fused-ring (bicyclic) bond motifs is 7. The monoisotopic (exact) mass is 616 g/mol. The van der Waals surface area contributed by atoms with Crippen LogP contribution in [0, 0.1) is 6.92 Å². The highest BCUT2D eigenvalue weighted by Crippen LogP contribution is 2.29. The summed E-state index contributed by atoms with van der Waals surface area (Å²) < 4.78 is 23.5. The number of hydrogen-bond acceptors (Lipinski definition) is 10. The van der Waals surface area contributed by atoms with Crippen molar-refractivity contribution in [2.24, 2.45) is 0 Å². The number of aryl methyl sites for hydroxylation is 2. The van der Waals surface area contributed by atoms with E-state index in [4.69, 9.17) is 28.9 Å². The molecule has 12 heteroatoms. The number of methoxy groups -OCH3 is 1. The Hall–Kier alpha value is -4.58. The third-order valence-electron chi connectivity index (χ3n) is 8.43. The van der Waals surface area contributed by atoms with Gasteiger partial charge < -0.3 is 39.4 Å². The fourth-order valence-electron chi connectivity index (χ4n) is 5.79. The molecule has 2 saturated heterocycles. The minimum absolute atomic E-state index is 0.180. The Kier molecular flexibility index (Phi) is 9.20. The number of carbonyl (C=O) groups excluding carboxylic acids is 2. The fourth-order valence-corrected chi connectivity index (χ4v) is 5.79. The maximum atomic E-state index is 13.7. The number of nitrogens with one attached hydrogen (secondary N) is 2. The van der Waals surface area contributed by atoms with Crippen molar-refractivity contribution >= 4 is 23.6 Å². The molecule has 3 aromatic rings. The normalized spacial score (nSPS) is 20.7. The number of anilines is 2. The summed E-state index contributed by atoms with van der Waals surface area (Å²) in [5.74, 6) is 2.69. The summed E-state index contributed by atoms with van der Waals surface area (Å²) >= 11 is 0. The summed E-state index contributed by atoms with van der Waals surface area (Å²) in [6.07, 6.45) is 1.11. The molecule has 4 aliphatic heterocycles. The molecule has 0 saturated carbocycles. The van der Waals surface area contributed by atoms with Gasteiger partial charge in [-0.05, 0) is 43.2 Å². The first-order chi connectivity index (χ1) is 21.9. The Morgan fingerprint density at radius 3 is 2.67 bits per heavy atom. The van der Waals surface area contributed by atoms with E-state index in [9.17, 15) is 9.59 Å². The van der Waals surface area contributed by atoms with E-state index in [0.29, 0.717) is 61.5 Å². The van der Waals surface area contributed by atoms with E-state index < -0.39 is 0 Å². The van der Waals surface area contributed by atoms with Gasteiger partial charge in [-0.25, -0.2) is 4.98 Å². The van der Waals surface area contributed by atoms with Gasteiger partial charge in [0.15, 0.2) is 6.61 Å². The topological polar surface area (TPSA) is 127 Å². The van der Waals surface area contributed by atoms with E-state index in [1.165, 1.54) is 0 Å². The van der Waals surface area contributed by atoms with Crippen molar-refractivity contribution in [3.63, 3.8) is 0 Å². The van der Waals surface area contributed by atoms with Gasteiger partial charge in [-0.1, -0.05) is 13.0 Å². The van der Waals surface area contributed by atoms with Crippen LogP contribution in [0.2, 0.25) is 0 Å². The molecular weight excluding hydrogens is 576 g/mol. The van der Waals surface area contributed by atoms with Crippen molar-refractivity contribution in [1.82, 2.24) is 20.6 Å². The summed E-state index contributed by atoms with van der Waals surface area (Å²) in [5.41, 5.74) is 3.04. The number of ether oxygens (including phenoxy) is 4. The van der Waals surface area contributed by atoms with Crippen molar-refractivity contribution in [2.45, 2.75) is 45.4 Å². The smallest absolute Gasteiger partial charge is 0.258 e. The second-order valence-electron chi connectivity index (χ2n) is 11.5. The molecule has 12 nitrogen and oxygen atoms in total. The number of amides is 2. The standard InChI is InChI=1S/C33H40N6O6/c1-4-24-16-30(37-33(35-24)38-11-13-43-14-12-38)39-10-9-27-26(19-39)36-32(41)22-6-5-21(2)28(15-22)44-20-31(40)34-18-23-7-8-25(45-27)17-29(23)42-3/h5-8,15-17,26-27H,4,9-14,18-20H2,1-3H3,(H,34,40)(H,36,41)/t26-,27+/m0/s1. The van der Waals surface area contributed by atoms with Crippen molar-refractivity contribution < 1.29 is 28.5 Å². The molecule has 5 heterocycles. The molecule has 4 aliphatic rings. The van der Waals surface area contributed by atoms with Crippen molar-refractivity contribution in [2.75, 3.05) is 62.9 Å². The van der Waals surface area contributed by atoms with Crippen molar-refractivity contribution in [1.29, 1.82) is 0 Å². The number of morpholine rings is 1. The van der Waals surface area contributed by atoms with Crippen LogP contribution < -0.4 is 34.6 Å².